The fourth-order valence-electron chi connectivity index (χ4n) is 1.35. The third kappa shape index (κ3) is 3.20. The van der Waals surface area contributed by atoms with E-state index >= 15 is 0 Å². The van der Waals surface area contributed by atoms with E-state index in [1.54, 1.807) is 31.1 Å². The van der Waals surface area contributed by atoms with Crippen LogP contribution in [0, 0.1) is 0 Å². The maximum atomic E-state index is 10.9. The summed E-state index contributed by atoms with van der Waals surface area (Å²) < 4.78 is 0. The standard InChI is InChI=1S/C11H16N2O3/c1-8(14)5-7-13(2)10-9(11(15)16)4-3-6-12-10/h3-4,6,8,14H,5,7H2,1-2H3,(H,15,16). The van der Waals surface area contributed by atoms with Crippen molar-refractivity contribution in [1.29, 1.82) is 0 Å². The Kier molecular flexibility index (Phi) is 4.25. The van der Waals surface area contributed by atoms with E-state index in [-0.39, 0.29) is 5.56 Å². The molecule has 2 N–H and O–H groups in total. The van der Waals surface area contributed by atoms with Crippen LogP contribution in [0.2, 0.25) is 0 Å². The van der Waals surface area contributed by atoms with E-state index in [1.165, 1.54) is 6.07 Å². The first-order valence-electron chi connectivity index (χ1n) is 5.10. The average molecular weight is 224 g/mol. The Morgan fingerprint density at radius 1 is 1.62 bits per heavy atom. The van der Waals surface area contributed by atoms with Gasteiger partial charge in [0.15, 0.2) is 0 Å². The summed E-state index contributed by atoms with van der Waals surface area (Å²) in [6, 6.07) is 3.11. The van der Waals surface area contributed by atoms with Crippen LogP contribution in [0.5, 0.6) is 0 Å². The maximum absolute atomic E-state index is 10.9. The highest BCUT2D eigenvalue weighted by Crippen LogP contribution is 2.15. The molecule has 1 rings (SSSR count). The number of aliphatic hydroxyl groups excluding tert-OH is 1. The summed E-state index contributed by atoms with van der Waals surface area (Å²) in [5, 5.41) is 18.1. The molecule has 1 aromatic rings. The summed E-state index contributed by atoms with van der Waals surface area (Å²) in [6.07, 6.45) is 1.73. The molecule has 1 heterocycles. The van der Waals surface area contributed by atoms with Crippen LogP contribution in [0.15, 0.2) is 18.3 Å². The van der Waals surface area contributed by atoms with Crippen LogP contribution in [0.3, 0.4) is 0 Å². The van der Waals surface area contributed by atoms with Gasteiger partial charge in [-0.15, -0.1) is 0 Å². The molecule has 0 saturated carbocycles. The lowest BCUT2D eigenvalue weighted by Crippen LogP contribution is -2.24. The molecule has 0 aliphatic rings. The Morgan fingerprint density at radius 2 is 2.31 bits per heavy atom. The molecule has 5 nitrogen and oxygen atoms in total. The van der Waals surface area contributed by atoms with Crippen LogP contribution < -0.4 is 4.90 Å². The Labute approximate surface area is 94.4 Å². The third-order valence-corrected chi connectivity index (χ3v) is 2.26. The van der Waals surface area contributed by atoms with Gasteiger partial charge in [-0.05, 0) is 25.5 Å². The van der Waals surface area contributed by atoms with Gasteiger partial charge >= 0.3 is 5.97 Å². The smallest absolute Gasteiger partial charge is 0.339 e. The van der Waals surface area contributed by atoms with Gasteiger partial charge < -0.3 is 15.1 Å². The number of carboxylic acid groups (broad SMARTS) is 1. The molecule has 88 valence electrons. The monoisotopic (exact) mass is 224 g/mol. The van der Waals surface area contributed by atoms with Crippen LogP contribution in [0.25, 0.3) is 0 Å². The van der Waals surface area contributed by atoms with Crippen LogP contribution in [0.4, 0.5) is 5.82 Å². The number of hydrogen-bond donors (Lipinski definition) is 2. The fraction of sp³-hybridized carbons (Fsp3) is 0.455. The molecule has 0 fully saturated rings. The van der Waals surface area contributed by atoms with Crippen molar-refractivity contribution >= 4 is 11.8 Å². The van der Waals surface area contributed by atoms with Crippen molar-refractivity contribution in [3.05, 3.63) is 23.9 Å². The predicted molar refractivity (Wildman–Crippen MR) is 60.8 cm³/mol. The molecule has 0 radical (unpaired) electrons. The van der Waals surface area contributed by atoms with Crippen LogP contribution in [0.1, 0.15) is 23.7 Å². The Balaban J connectivity index is 2.82. The number of anilines is 1. The number of hydrogen-bond acceptors (Lipinski definition) is 4. The summed E-state index contributed by atoms with van der Waals surface area (Å²) in [5.74, 6) is -0.567. The molecule has 0 saturated heterocycles. The second-order valence-corrected chi connectivity index (χ2v) is 3.74. The molecule has 1 atom stereocenters. The highest BCUT2D eigenvalue weighted by Gasteiger charge is 2.14. The SMILES string of the molecule is CC(O)CCN(C)c1ncccc1C(=O)O. The van der Waals surface area contributed by atoms with Gasteiger partial charge in [0.2, 0.25) is 0 Å². The van der Waals surface area contributed by atoms with Crippen molar-refractivity contribution in [1.82, 2.24) is 4.98 Å². The lowest BCUT2D eigenvalue weighted by atomic mass is 10.2. The zero-order valence-corrected chi connectivity index (χ0v) is 9.42. The summed E-state index contributed by atoms with van der Waals surface area (Å²) >= 11 is 0. The molecule has 0 aromatic carbocycles. The van der Waals surface area contributed by atoms with E-state index in [0.29, 0.717) is 18.8 Å². The molecule has 1 unspecified atom stereocenters. The van der Waals surface area contributed by atoms with Gasteiger partial charge in [0.25, 0.3) is 0 Å². The van der Waals surface area contributed by atoms with Gasteiger partial charge in [0, 0.05) is 19.8 Å². The second kappa shape index (κ2) is 5.46. The van der Waals surface area contributed by atoms with Crippen molar-refractivity contribution < 1.29 is 15.0 Å². The lowest BCUT2D eigenvalue weighted by Gasteiger charge is -2.20. The van der Waals surface area contributed by atoms with E-state index in [0.717, 1.165) is 0 Å². The first-order chi connectivity index (χ1) is 7.52. The number of aromatic nitrogens is 1. The van der Waals surface area contributed by atoms with Crippen LogP contribution >= 0.6 is 0 Å². The van der Waals surface area contributed by atoms with Gasteiger partial charge in [0.1, 0.15) is 11.4 Å². The van der Waals surface area contributed by atoms with E-state index < -0.39 is 12.1 Å². The number of carbonyl (C=O) groups is 1. The Morgan fingerprint density at radius 3 is 2.88 bits per heavy atom. The third-order valence-electron chi connectivity index (χ3n) is 2.26. The van der Waals surface area contributed by atoms with Crippen molar-refractivity contribution in [2.24, 2.45) is 0 Å². The summed E-state index contributed by atoms with van der Waals surface area (Å²) in [6.45, 7) is 2.26. The minimum absolute atomic E-state index is 0.176. The predicted octanol–water partition coefficient (Wildman–Crippen LogP) is 0.987. The number of nitrogens with zero attached hydrogens (tertiary/aromatic N) is 2. The number of pyridine rings is 1. The molecule has 16 heavy (non-hydrogen) atoms. The molecule has 0 bridgehead atoms. The molecular weight excluding hydrogens is 208 g/mol. The van der Waals surface area contributed by atoms with Crippen molar-refractivity contribution in [3.63, 3.8) is 0 Å². The molecule has 0 aliphatic carbocycles. The topological polar surface area (TPSA) is 73.7 Å². The number of aliphatic hydroxyl groups is 1. The number of aromatic carboxylic acids is 1. The second-order valence-electron chi connectivity index (χ2n) is 3.74. The highest BCUT2D eigenvalue weighted by molar-refractivity contribution is 5.93. The average Bonchev–Trinajstić information content (AvgIpc) is 2.25. The fourth-order valence-corrected chi connectivity index (χ4v) is 1.35. The van der Waals surface area contributed by atoms with Crippen molar-refractivity contribution in [2.45, 2.75) is 19.4 Å². The van der Waals surface area contributed by atoms with Gasteiger partial charge in [-0.2, -0.15) is 0 Å². The first kappa shape index (κ1) is 12.4. The molecule has 0 aliphatic heterocycles. The largest absolute Gasteiger partial charge is 0.478 e. The van der Waals surface area contributed by atoms with E-state index in [4.69, 9.17) is 10.2 Å². The summed E-state index contributed by atoms with van der Waals surface area (Å²) in [7, 11) is 1.76. The molecule has 5 heteroatoms. The zero-order valence-electron chi connectivity index (χ0n) is 9.42. The minimum Gasteiger partial charge on any atom is -0.478 e. The van der Waals surface area contributed by atoms with E-state index in [9.17, 15) is 4.79 Å². The zero-order chi connectivity index (χ0) is 12.1. The van der Waals surface area contributed by atoms with Crippen molar-refractivity contribution in [2.75, 3.05) is 18.5 Å². The molecule has 0 amide bonds. The Bertz CT molecular complexity index is 366. The lowest BCUT2D eigenvalue weighted by molar-refractivity contribution is 0.0697. The van der Waals surface area contributed by atoms with Crippen LogP contribution in [-0.4, -0.2) is 40.9 Å². The molecule has 0 spiro atoms. The normalized spacial score (nSPS) is 12.2. The number of rotatable bonds is 5. The van der Waals surface area contributed by atoms with Gasteiger partial charge in [-0.3, -0.25) is 0 Å². The quantitative estimate of drug-likeness (QED) is 0.780. The molecule has 1 aromatic heterocycles. The van der Waals surface area contributed by atoms with E-state index in [1.807, 2.05) is 0 Å². The minimum atomic E-state index is -0.994. The van der Waals surface area contributed by atoms with Crippen molar-refractivity contribution in [3.8, 4) is 0 Å². The molecular formula is C11H16N2O3. The maximum Gasteiger partial charge on any atom is 0.339 e. The highest BCUT2D eigenvalue weighted by atomic mass is 16.4. The van der Waals surface area contributed by atoms with E-state index in [2.05, 4.69) is 4.98 Å². The van der Waals surface area contributed by atoms with Crippen LogP contribution in [-0.2, 0) is 0 Å². The van der Waals surface area contributed by atoms with Gasteiger partial charge in [0.05, 0.1) is 6.10 Å². The van der Waals surface area contributed by atoms with Gasteiger partial charge in [-0.1, -0.05) is 0 Å². The first-order valence-corrected chi connectivity index (χ1v) is 5.10. The summed E-state index contributed by atoms with van der Waals surface area (Å²) in [4.78, 5) is 16.7. The Hall–Kier alpha value is -1.62. The van der Waals surface area contributed by atoms with Gasteiger partial charge in [-0.25, -0.2) is 9.78 Å². The summed E-state index contributed by atoms with van der Waals surface area (Å²) in [5.41, 5.74) is 0.176. The number of carboxylic acids is 1.